The predicted molar refractivity (Wildman–Crippen MR) is 216 cm³/mol. The maximum absolute atomic E-state index is 11.4. The van der Waals surface area contributed by atoms with Gasteiger partial charge in [-0.25, -0.2) is 0 Å². The maximum Gasteiger partial charge on any atom is 0.161 e. The Labute approximate surface area is 322 Å². The molecule has 4 unspecified atom stereocenters. The van der Waals surface area contributed by atoms with Crippen molar-refractivity contribution in [1.82, 2.24) is 9.88 Å². The van der Waals surface area contributed by atoms with Crippen molar-refractivity contribution >= 4 is 16.6 Å². The molecule has 0 saturated heterocycles. The monoisotopic (exact) mass is 735 g/mol. The number of dihydropyridines is 1. The largest absolute Gasteiger partial charge is 0.508 e. The molecule has 0 fully saturated rings. The van der Waals surface area contributed by atoms with Crippen LogP contribution in [0.25, 0.3) is 16.6 Å². The fraction of sp³-hybridized carbons (Fsp3) is 0.319. The molecule has 4 atom stereocenters. The average molecular weight is 736 g/mol. The van der Waals surface area contributed by atoms with E-state index in [1.165, 1.54) is 11.1 Å². The standard InChI is InChI=1S/C47H49N3O5/c48-46-25-36-16-11-31(9-10-32-12-17-39(51)18-13-32)7-4-8-41-26-40(52)19-14-34-15-20-44(53)45(24-34)55-29-38-23-35(21-33-5-2-1-3-6-33)22-37-27-50(28-42(37)38)47(49-46)43(36)30-54-41/h1-3,5-6,12-13,15,17-18,20,22-25,27-28,31,40-41,46,49,51-53H,4,7-10,14,19,21,26,29-30,48H2. The molecule has 6 bridgehead atoms. The summed E-state index contributed by atoms with van der Waals surface area (Å²) in [6.07, 6.45) is 11.9. The summed E-state index contributed by atoms with van der Waals surface area (Å²) in [6, 6.07) is 27.8. The Hall–Kier alpha value is -5.46. The van der Waals surface area contributed by atoms with Crippen molar-refractivity contribution < 1.29 is 24.8 Å². The summed E-state index contributed by atoms with van der Waals surface area (Å²) in [7, 11) is 0. The van der Waals surface area contributed by atoms with Gasteiger partial charge >= 0.3 is 0 Å². The number of aliphatic hydroxyl groups excluding tert-OH is 1. The zero-order chi connectivity index (χ0) is 37.7. The van der Waals surface area contributed by atoms with Crippen LogP contribution in [0.5, 0.6) is 17.2 Å². The van der Waals surface area contributed by atoms with Crippen molar-refractivity contribution in [3.8, 4) is 29.1 Å². The molecule has 282 valence electrons. The minimum atomic E-state index is -0.567. The minimum absolute atomic E-state index is 0.0870. The fourth-order valence-electron chi connectivity index (χ4n) is 8.04. The molecule has 8 nitrogen and oxygen atoms in total. The number of aromatic nitrogens is 1. The smallest absolute Gasteiger partial charge is 0.161 e. The normalized spacial score (nSPS) is 21.7. The minimum Gasteiger partial charge on any atom is -0.508 e. The van der Waals surface area contributed by atoms with E-state index in [4.69, 9.17) is 15.2 Å². The van der Waals surface area contributed by atoms with Crippen LogP contribution in [0.1, 0.15) is 66.3 Å². The third-order valence-corrected chi connectivity index (χ3v) is 11.1. The van der Waals surface area contributed by atoms with Crippen LogP contribution < -0.4 is 15.8 Å². The molecular weight excluding hydrogens is 687 g/mol. The van der Waals surface area contributed by atoms with E-state index in [0.717, 1.165) is 83.0 Å². The summed E-state index contributed by atoms with van der Waals surface area (Å²) in [4.78, 5) is 0. The van der Waals surface area contributed by atoms with E-state index in [1.807, 2.05) is 36.4 Å². The number of aliphatic hydroxyl groups is 1. The number of rotatable bonds is 5. The highest BCUT2D eigenvalue weighted by molar-refractivity contribution is 5.88. The molecule has 55 heavy (non-hydrogen) atoms. The Morgan fingerprint density at radius 3 is 2.58 bits per heavy atom. The Kier molecular flexibility index (Phi) is 11.0. The highest BCUT2D eigenvalue weighted by Crippen LogP contribution is 2.33. The first-order valence-corrected chi connectivity index (χ1v) is 19.5. The topological polar surface area (TPSA) is 122 Å². The van der Waals surface area contributed by atoms with Gasteiger partial charge in [0.2, 0.25) is 0 Å². The third kappa shape index (κ3) is 8.92. The van der Waals surface area contributed by atoms with Crippen LogP contribution in [0.4, 0.5) is 0 Å². The van der Waals surface area contributed by atoms with Crippen LogP contribution in [0, 0.1) is 17.8 Å². The van der Waals surface area contributed by atoms with Crippen LogP contribution >= 0.6 is 0 Å². The van der Waals surface area contributed by atoms with Gasteiger partial charge in [-0.1, -0.05) is 66.4 Å². The lowest BCUT2D eigenvalue weighted by atomic mass is 9.92. The Balaban J connectivity index is 1.22. The lowest BCUT2D eigenvalue weighted by Crippen LogP contribution is -2.40. The number of aromatic hydroxyl groups is 2. The van der Waals surface area contributed by atoms with E-state index in [1.54, 1.807) is 18.2 Å². The zero-order valence-electron chi connectivity index (χ0n) is 31.1. The summed E-state index contributed by atoms with van der Waals surface area (Å²) in [6.45, 7) is 0.574. The first kappa shape index (κ1) is 36.5. The second-order valence-corrected chi connectivity index (χ2v) is 15.2. The second kappa shape index (κ2) is 16.5. The number of benzene rings is 4. The van der Waals surface area contributed by atoms with Gasteiger partial charge < -0.3 is 40.4 Å². The lowest BCUT2D eigenvalue weighted by Gasteiger charge is -2.28. The molecule has 0 amide bonds. The van der Waals surface area contributed by atoms with Gasteiger partial charge in [-0.15, -0.1) is 0 Å². The number of hydrogen-bond donors (Lipinski definition) is 5. The van der Waals surface area contributed by atoms with Crippen LogP contribution in [0.15, 0.2) is 115 Å². The van der Waals surface area contributed by atoms with Gasteiger partial charge in [0, 0.05) is 40.2 Å². The maximum atomic E-state index is 11.4. The van der Waals surface area contributed by atoms with E-state index < -0.39 is 12.3 Å². The molecule has 1 aromatic heterocycles. The van der Waals surface area contributed by atoms with E-state index in [2.05, 4.69) is 70.5 Å². The number of phenols is 2. The van der Waals surface area contributed by atoms with Gasteiger partial charge in [0.05, 0.1) is 25.0 Å². The molecule has 0 radical (unpaired) electrons. The SMILES string of the molecule is NC1C=C2C#CC(CCc3ccc(O)cc3)CCCC3CC(O)CCc4ccc(O)c(c4)OCc4cc(Cc5ccccc5)cc5cn(cc45)C(=C2CO3)N1. The molecule has 5 aromatic rings. The predicted octanol–water partition coefficient (Wildman–Crippen LogP) is 7.72. The molecular formula is C47H49N3O5. The Bertz CT molecular complexity index is 2260. The van der Waals surface area contributed by atoms with Crippen LogP contribution in [-0.2, 0) is 30.6 Å². The van der Waals surface area contributed by atoms with Crippen molar-refractivity contribution in [2.75, 3.05) is 6.61 Å². The number of nitrogens with two attached hydrogens (primary N) is 1. The van der Waals surface area contributed by atoms with Crippen molar-refractivity contribution in [2.45, 2.75) is 82.8 Å². The van der Waals surface area contributed by atoms with E-state index >= 15 is 0 Å². The molecule has 4 aromatic carbocycles. The number of aryl methyl sites for hydroxylation is 2. The van der Waals surface area contributed by atoms with E-state index in [-0.39, 0.29) is 30.1 Å². The summed E-state index contributed by atoms with van der Waals surface area (Å²) < 4.78 is 15.2. The zero-order valence-corrected chi connectivity index (χ0v) is 31.1. The van der Waals surface area contributed by atoms with E-state index in [0.29, 0.717) is 31.6 Å². The van der Waals surface area contributed by atoms with Crippen LogP contribution in [0.2, 0.25) is 0 Å². The third-order valence-electron chi connectivity index (χ3n) is 11.1. The van der Waals surface area contributed by atoms with Crippen molar-refractivity contribution in [3.63, 3.8) is 0 Å². The first-order valence-electron chi connectivity index (χ1n) is 19.5. The fourth-order valence-corrected chi connectivity index (χ4v) is 8.04. The highest BCUT2D eigenvalue weighted by atomic mass is 16.5. The number of nitrogens with one attached hydrogen (secondary N) is 1. The van der Waals surface area contributed by atoms with Gasteiger partial charge in [-0.05, 0) is 122 Å². The molecule has 3 aliphatic rings. The number of phenolic OH excluding ortho intramolecular Hbond substituents is 2. The van der Waals surface area contributed by atoms with Crippen LogP contribution in [0.3, 0.4) is 0 Å². The molecule has 8 heteroatoms. The van der Waals surface area contributed by atoms with Crippen LogP contribution in [-0.4, -0.2) is 44.9 Å². The van der Waals surface area contributed by atoms with Gasteiger partial charge in [-0.3, -0.25) is 0 Å². The number of hydrogen-bond acceptors (Lipinski definition) is 7. The molecule has 8 rings (SSSR count). The quantitative estimate of drug-likeness (QED) is 0.117. The van der Waals surface area contributed by atoms with Gasteiger partial charge in [0.15, 0.2) is 11.5 Å². The van der Waals surface area contributed by atoms with E-state index in [9.17, 15) is 15.3 Å². The Morgan fingerprint density at radius 1 is 0.873 bits per heavy atom. The lowest BCUT2D eigenvalue weighted by molar-refractivity contribution is 0.0167. The molecule has 0 saturated carbocycles. The van der Waals surface area contributed by atoms with Gasteiger partial charge in [-0.2, -0.15) is 0 Å². The molecule has 0 spiro atoms. The molecule has 0 aliphatic carbocycles. The highest BCUT2D eigenvalue weighted by Gasteiger charge is 2.25. The summed E-state index contributed by atoms with van der Waals surface area (Å²) >= 11 is 0. The molecule has 6 N–H and O–H groups in total. The summed E-state index contributed by atoms with van der Waals surface area (Å²) in [5, 5.41) is 37.6. The average Bonchev–Trinajstić information content (AvgIpc) is 3.60. The van der Waals surface area contributed by atoms with Crippen molar-refractivity contribution in [2.24, 2.45) is 11.7 Å². The van der Waals surface area contributed by atoms with Gasteiger partial charge in [0.25, 0.3) is 0 Å². The molecule has 3 aliphatic heterocycles. The van der Waals surface area contributed by atoms with Gasteiger partial charge in [0.1, 0.15) is 18.2 Å². The Morgan fingerprint density at radius 2 is 1.73 bits per heavy atom. The summed E-state index contributed by atoms with van der Waals surface area (Å²) in [5.41, 5.74) is 14.0. The second-order valence-electron chi connectivity index (χ2n) is 15.2. The van der Waals surface area contributed by atoms with Crippen molar-refractivity contribution in [1.29, 1.82) is 0 Å². The first-order chi connectivity index (χ1) is 26.8. The number of ether oxygens (including phenoxy) is 2. The summed E-state index contributed by atoms with van der Waals surface area (Å²) in [5.74, 6) is 8.94. The number of nitrogens with zero attached hydrogens (tertiary/aromatic N) is 1. The van der Waals surface area contributed by atoms with Crippen molar-refractivity contribution in [3.05, 3.63) is 142 Å². The molecule has 4 heterocycles. The number of fused-ring (bicyclic) bond motifs is 6.